The standard InChI is InChI=1S/C18H11Br2ClN2O4S/c19-12-4-9(5-13(20)16(12)27-8-15(24)25)6-14-17(26)23-18(28-14)22-11-3-1-2-10(21)7-11/h1-7H,8H2,(H,24,25)(H,22,23,26)/b14-6+. The molecule has 0 aromatic heterocycles. The van der Waals surface area contributed by atoms with Crippen molar-refractivity contribution in [3.63, 3.8) is 0 Å². The van der Waals surface area contributed by atoms with E-state index in [9.17, 15) is 9.59 Å². The van der Waals surface area contributed by atoms with Gasteiger partial charge < -0.3 is 15.2 Å². The van der Waals surface area contributed by atoms with E-state index in [2.05, 4.69) is 42.2 Å². The smallest absolute Gasteiger partial charge is 0.341 e. The Morgan fingerprint density at radius 1 is 1.29 bits per heavy atom. The molecule has 0 radical (unpaired) electrons. The lowest BCUT2D eigenvalue weighted by atomic mass is 10.2. The number of carbonyl (C=O) groups is 2. The number of carboxylic acids is 1. The van der Waals surface area contributed by atoms with E-state index in [4.69, 9.17) is 21.4 Å². The lowest BCUT2D eigenvalue weighted by Gasteiger charge is -2.09. The number of carboxylic acid groups (broad SMARTS) is 1. The fourth-order valence-electron chi connectivity index (χ4n) is 2.23. The van der Waals surface area contributed by atoms with Gasteiger partial charge in [-0.25, -0.2) is 9.79 Å². The van der Waals surface area contributed by atoms with Crippen LogP contribution >= 0.6 is 55.2 Å². The third-order valence-electron chi connectivity index (χ3n) is 3.35. The Hall–Kier alpha value is -1.81. The van der Waals surface area contributed by atoms with Crippen LogP contribution in [-0.2, 0) is 9.59 Å². The van der Waals surface area contributed by atoms with Gasteiger partial charge in [0.05, 0.1) is 19.5 Å². The summed E-state index contributed by atoms with van der Waals surface area (Å²) >= 11 is 13.9. The number of benzene rings is 2. The minimum absolute atomic E-state index is 0.260. The summed E-state index contributed by atoms with van der Waals surface area (Å²) in [5.74, 6) is -0.962. The van der Waals surface area contributed by atoms with Crippen LogP contribution in [0.4, 0.5) is 5.69 Å². The molecular formula is C18H11Br2ClN2O4S. The van der Waals surface area contributed by atoms with Gasteiger partial charge in [0.25, 0.3) is 5.91 Å². The zero-order valence-electron chi connectivity index (χ0n) is 13.9. The first-order valence-corrected chi connectivity index (χ1v) is 10.5. The van der Waals surface area contributed by atoms with Crippen LogP contribution in [0.3, 0.4) is 0 Å². The highest BCUT2D eigenvalue weighted by atomic mass is 79.9. The summed E-state index contributed by atoms with van der Waals surface area (Å²) in [6, 6.07) is 10.5. The molecule has 2 aromatic rings. The Balaban J connectivity index is 1.81. The van der Waals surface area contributed by atoms with Crippen molar-refractivity contribution in [3.8, 4) is 5.75 Å². The van der Waals surface area contributed by atoms with Crippen molar-refractivity contribution in [1.29, 1.82) is 0 Å². The number of rotatable bonds is 5. The fraction of sp³-hybridized carbons (Fsp3) is 0.0556. The van der Waals surface area contributed by atoms with E-state index in [1.54, 1.807) is 42.5 Å². The molecule has 0 atom stereocenters. The van der Waals surface area contributed by atoms with Crippen molar-refractivity contribution in [2.75, 3.05) is 6.61 Å². The Morgan fingerprint density at radius 2 is 2.00 bits per heavy atom. The van der Waals surface area contributed by atoms with E-state index in [1.807, 2.05) is 0 Å². The molecule has 1 fully saturated rings. The molecule has 0 saturated carbocycles. The predicted octanol–water partition coefficient (Wildman–Crippen LogP) is 5.22. The number of nitrogens with one attached hydrogen (secondary N) is 1. The van der Waals surface area contributed by atoms with E-state index in [0.29, 0.717) is 35.5 Å². The highest BCUT2D eigenvalue weighted by Gasteiger charge is 2.24. The number of carbonyl (C=O) groups excluding carboxylic acids is 1. The maximum atomic E-state index is 12.2. The molecule has 1 aliphatic rings. The quantitative estimate of drug-likeness (QED) is 0.502. The van der Waals surface area contributed by atoms with Gasteiger partial charge in [-0.15, -0.1) is 0 Å². The Kier molecular flexibility index (Phi) is 6.82. The van der Waals surface area contributed by atoms with Gasteiger partial charge in [-0.2, -0.15) is 0 Å². The first-order valence-electron chi connectivity index (χ1n) is 7.70. The summed E-state index contributed by atoms with van der Waals surface area (Å²) in [4.78, 5) is 27.8. The first-order chi connectivity index (χ1) is 13.3. The van der Waals surface area contributed by atoms with Gasteiger partial charge in [-0.05, 0) is 85.6 Å². The van der Waals surface area contributed by atoms with Crippen molar-refractivity contribution < 1.29 is 19.4 Å². The molecule has 144 valence electrons. The average Bonchev–Trinajstić information content (AvgIpc) is 2.93. The van der Waals surface area contributed by atoms with E-state index >= 15 is 0 Å². The molecular weight excluding hydrogens is 536 g/mol. The topological polar surface area (TPSA) is 88.0 Å². The van der Waals surface area contributed by atoms with Crippen molar-refractivity contribution in [3.05, 3.63) is 60.8 Å². The minimum Gasteiger partial charge on any atom is -0.480 e. The van der Waals surface area contributed by atoms with Crippen molar-refractivity contribution in [1.82, 2.24) is 5.32 Å². The van der Waals surface area contributed by atoms with Gasteiger partial charge in [-0.3, -0.25) is 4.79 Å². The van der Waals surface area contributed by atoms with E-state index < -0.39 is 12.6 Å². The minimum atomic E-state index is -1.07. The second-order valence-electron chi connectivity index (χ2n) is 5.46. The maximum absolute atomic E-state index is 12.2. The van der Waals surface area contributed by atoms with Crippen LogP contribution < -0.4 is 10.1 Å². The zero-order valence-corrected chi connectivity index (χ0v) is 18.7. The Morgan fingerprint density at radius 3 is 2.64 bits per heavy atom. The van der Waals surface area contributed by atoms with Crippen LogP contribution in [-0.4, -0.2) is 28.8 Å². The molecule has 28 heavy (non-hydrogen) atoms. The summed E-state index contributed by atoms with van der Waals surface area (Å²) in [5, 5.41) is 12.5. The normalized spacial score (nSPS) is 16.5. The highest BCUT2D eigenvalue weighted by Crippen LogP contribution is 2.36. The molecule has 0 spiro atoms. The molecule has 0 bridgehead atoms. The molecule has 0 unspecified atom stereocenters. The summed E-state index contributed by atoms with van der Waals surface area (Å²) in [7, 11) is 0. The number of amidine groups is 1. The second-order valence-corrected chi connectivity index (χ2v) is 8.63. The molecule has 3 rings (SSSR count). The third-order valence-corrected chi connectivity index (χ3v) is 5.67. The molecule has 2 aromatic carbocycles. The van der Waals surface area contributed by atoms with E-state index in [1.165, 1.54) is 11.8 Å². The Bertz CT molecular complexity index is 1000. The van der Waals surface area contributed by atoms with Crippen LogP contribution in [0.2, 0.25) is 5.02 Å². The van der Waals surface area contributed by atoms with Gasteiger partial charge in [0.15, 0.2) is 11.8 Å². The largest absolute Gasteiger partial charge is 0.480 e. The maximum Gasteiger partial charge on any atom is 0.341 e. The molecule has 1 saturated heterocycles. The number of nitrogens with zero attached hydrogens (tertiary/aromatic N) is 1. The first kappa shape index (κ1) is 20.9. The Labute approximate surface area is 186 Å². The third kappa shape index (κ3) is 5.38. The predicted molar refractivity (Wildman–Crippen MR) is 117 cm³/mol. The number of halogens is 3. The van der Waals surface area contributed by atoms with Gasteiger partial charge in [0.2, 0.25) is 0 Å². The lowest BCUT2D eigenvalue weighted by molar-refractivity contribution is -0.139. The number of aliphatic imine (C=N–C) groups is 1. The molecule has 6 nitrogen and oxygen atoms in total. The monoisotopic (exact) mass is 544 g/mol. The van der Waals surface area contributed by atoms with Gasteiger partial charge in [-0.1, -0.05) is 17.7 Å². The van der Waals surface area contributed by atoms with Crippen LogP contribution in [0.5, 0.6) is 5.75 Å². The summed E-state index contributed by atoms with van der Waals surface area (Å²) in [6.45, 7) is -0.459. The zero-order chi connectivity index (χ0) is 20.3. The molecule has 1 heterocycles. The van der Waals surface area contributed by atoms with Crippen molar-refractivity contribution >= 4 is 84.0 Å². The number of hydrogen-bond donors (Lipinski definition) is 2. The van der Waals surface area contributed by atoms with Crippen LogP contribution in [0, 0.1) is 0 Å². The van der Waals surface area contributed by atoms with Gasteiger partial charge in [0.1, 0.15) is 5.75 Å². The number of thioether (sulfide) groups is 1. The lowest BCUT2D eigenvalue weighted by Crippen LogP contribution is -2.19. The summed E-state index contributed by atoms with van der Waals surface area (Å²) < 4.78 is 6.36. The van der Waals surface area contributed by atoms with Crippen molar-refractivity contribution in [2.24, 2.45) is 4.99 Å². The number of hydrogen-bond acceptors (Lipinski definition) is 5. The second kappa shape index (κ2) is 9.13. The SMILES string of the molecule is O=C(O)COc1c(Br)cc(/C=C2/SC(=Nc3cccc(Cl)c3)NC2=O)cc1Br. The highest BCUT2D eigenvalue weighted by molar-refractivity contribution is 9.11. The van der Waals surface area contributed by atoms with Crippen LogP contribution in [0.15, 0.2) is 55.2 Å². The number of ether oxygens (including phenoxy) is 1. The van der Waals surface area contributed by atoms with Crippen LogP contribution in [0.1, 0.15) is 5.56 Å². The number of aliphatic carboxylic acids is 1. The van der Waals surface area contributed by atoms with E-state index in [-0.39, 0.29) is 5.91 Å². The average molecular weight is 547 g/mol. The summed E-state index contributed by atoms with van der Waals surface area (Å²) in [6.07, 6.45) is 1.71. The van der Waals surface area contributed by atoms with Gasteiger partial charge >= 0.3 is 5.97 Å². The van der Waals surface area contributed by atoms with E-state index in [0.717, 1.165) is 5.56 Å². The van der Waals surface area contributed by atoms with Crippen LogP contribution in [0.25, 0.3) is 6.08 Å². The molecule has 10 heteroatoms. The fourth-order valence-corrected chi connectivity index (χ4v) is 4.71. The molecule has 2 N–H and O–H groups in total. The van der Waals surface area contributed by atoms with Crippen molar-refractivity contribution in [2.45, 2.75) is 0 Å². The molecule has 1 aliphatic heterocycles. The summed E-state index contributed by atoms with van der Waals surface area (Å²) in [5.41, 5.74) is 1.37. The molecule has 0 aliphatic carbocycles. The number of amides is 1. The van der Waals surface area contributed by atoms with Gasteiger partial charge in [0, 0.05) is 5.02 Å². The molecule has 1 amide bonds.